The third kappa shape index (κ3) is 3.48. The molecule has 0 atom stereocenters. The van der Waals surface area contributed by atoms with Crippen LogP contribution in [0.2, 0.25) is 0 Å². The zero-order valence-corrected chi connectivity index (χ0v) is 15.9. The molecule has 7 nitrogen and oxygen atoms in total. The number of para-hydroxylation sites is 1. The summed E-state index contributed by atoms with van der Waals surface area (Å²) in [6, 6.07) is 7.60. The van der Waals surface area contributed by atoms with E-state index in [1.807, 2.05) is 22.8 Å². The van der Waals surface area contributed by atoms with Crippen molar-refractivity contribution in [2.45, 2.75) is 26.3 Å². The predicted molar refractivity (Wildman–Crippen MR) is 107 cm³/mol. The Kier molecular flexibility index (Phi) is 4.72. The molecule has 4 aromatic rings. The molecule has 0 radical (unpaired) electrons. The van der Waals surface area contributed by atoms with Gasteiger partial charge in [-0.2, -0.15) is 0 Å². The van der Waals surface area contributed by atoms with Crippen LogP contribution in [0.1, 0.15) is 25.5 Å². The van der Waals surface area contributed by atoms with Gasteiger partial charge in [0, 0.05) is 18.8 Å². The van der Waals surface area contributed by atoms with Gasteiger partial charge in [0.15, 0.2) is 17.3 Å². The Labute approximate surface area is 160 Å². The summed E-state index contributed by atoms with van der Waals surface area (Å²) in [7, 11) is 0. The van der Waals surface area contributed by atoms with Crippen molar-refractivity contribution in [1.82, 2.24) is 24.5 Å². The number of hydrogen-bond donors (Lipinski definition) is 2. The molecule has 4 rings (SSSR count). The van der Waals surface area contributed by atoms with E-state index in [0.29, 0.717) is 30.4 Å². The third-order valence-corrected chi connectivity index (χ3v) is 5.08. The number of anilines is 1. The van der Waals surface area contributed by atoms with E-state index in [1.165, 1.54) is 11.3 Å². The summed E-state index contributed by atoms with van der Waals surface area (Å²) in [6.45, 7) is 4.82. The minimum absolute atomic E-state index is 0.244. The summed E-state index contributed by atoms with van der Waals surface area (Å²) < 4.78 is 2.04. The van der Waals surface area contributed by atoms with E-state index < -0.39 is 0 Å². The standard InChI is InChI=1S/C19H20N6OS/c1-12(2)25-10-22-16-18(21-8-7-13-5-3-4-6-14(13)26)23-17(24-19(16)25)15-9-20-11-27-15/h3-6,9-12,26H,7-8H2,1-2H3,(H,21,23,24). The first-order chi connectivity index (χ1) is 13.1. The van der Waals surface area contributed by atoms with Crippen LogP contribution in [0.15, 0.2) is 42.3 Å². The van der Waals surface area contributed by atoms with Crippen LogP contribution >= 0.6 is 11.3 Å². The van der Waals surface area contributed by atoms with Crippen LogP contribution in [-0.2, 0) is 6.42 Å². The minimum Gasteiger partial charge on any atom is -0.508 e. The molecule has 2 N–H and O–H groups in total. The molecule has 3 aromatic heterocycles. The van der Waals surface area contributed by atoms with Crippen LogP contribution < -0.4 is 5.32 Å². The Hall–Kier alpha value is -3.00. The second-order valence-electron chi connectivity index (χ2n) is 6.48. The first kappa shape index (κ1) is 17.4. The molecule has 8 heteroatoms. The molecule has 0 aliphatic rings. The Bertz CT molecular complexity index is 1060. The van der Waals surface area contributed by atoms with E-state index in [2.05, 4.69) is 34.1 Å². The van der Waals surface area contributed by atoms with Crippen LogP contribution in [0.4, 0.5) is 5.82 Å². The highest BCUT2D eigenvalue weighted by Crippen LogP contribution is 2.27. The third-order valence-electron chi connectivity index (χ3n) is 4.31. The topological polar surface area (TPSA) is 88.8 Å². The summed E-state index contributed by atoms with van der Waals surface area (Å²) in [6.07, 6.45) is 4.25. The fraction of sp³-hybridized carbons (Fsp3) is 0.263. The largest absolute Gasteiger partial charge is 0.508 e. The molecule has 0 aliphatic carbocycles. The van der Waals surface area contributed by atoms with Crippen LogP contribution in [-0.4, -0.2) is 36.2 Å². The summed E-state index contributed by atoms with van der Waals surface area (Å²) in [5, 5.41) is 13.3. The van der Waals surface area contributed by atoms with Gasteiger partial charge >= 0.3 is 0 Å². The molecule has 0 saturated heterocycles. The predicted octanol–water partition coefficient (Wildman–Crippen LogP) is 3.89. The molecule has 0 bridgehead atoms. The van der Waals surface area contributed by atoms with Crippen LogP contribution in [0.25, 0.3) is 21.9 Å². The summed E-state index contributed by atoms with van der Waals surface area (Å²) >= 11 is 1.51. The van der Waals surface area contributed by atoms with Gasteiger partial charge in [-0.25, -0.2) is 15.0 Å². The highest BCUT2D eigenvalue weighted by Gasteiger charge is 2.16. The molecule has 0 saturated carbocycles. The highest BCUT2D eigenvalue weighted by atomic mass is 32.1. The molecule has 0 amide bonds. The quantitative estimate of drug-likeness (QED) is 0.527. The molecule has 138 valence electrons. The number of benzene rings is 1. The van der Waals surface area contributed by atoms with Crippen LogP contribution in [0.3, 0.4) is 0 Å². The Morgan fingerprint density at radius 2 is 2.07 bits per heavy atom. The van der Waals surface area contributed by atoms with Crippen LogP contribution in [0.5, 0.6) is 5.75 Å². The molecule has 0 unspecified atom stereocenters. The minimum atomic E-state index is 0.244. The number of hydrogen-bond acceptors (Lipinski definition) is 7. The van der Waals surface area contributed by atoms with E-state index in [-0.39, 0.29) is 6.04 Å². The molecule has 1 aromatic carbocycles. The Morgan fingerprint density at radius 1 is 1.22 bits per heavy atom. The number of phenols is 1. The first-order valence-electron chi connectivity index (χ1n) is 8.77. The lowest BCUT2D eigenvalue weighted by Gasteiger charge is -2.11. The molecule has 0 fully saturated rings. The van der Waals surface area contributed by atoms with Crippen molar-refractivity contribution in [3.8, 4) is 16.5 Å². The normalized spacial score (nSPS) is 11.4. The average molecular weight is 380 g/mol. The summed E-state index contributed by atoms with van der Waals surface area (Å²) in [4.78, 5) is 19.0. The maximum absolute atomic E-state index is 9.94. The van der Waals surface area contributed by atoms with Gasteiger partial charge in [-0.15, -0.1) is 11.3 Å². The van der Waals surface area contributed by atoms with E-state index in [0.717, 1.165) is 21.6 Å². The smallest absolute Gasteiger partial charge is 0.175 e. The lowest BCUT2D eigenvalue weighted by molar-refractivity contribution is 0.468. The van der Waals surface area contributed by atoms with E-state index in [9.17, 15) is 5.11 Å². The molecule has 27 heavy (non-hydrogen) atoms. The van der Waals surface area contributed by atoms with Crippen molar-refractivity contribution in [2.24, 2.45) is 0 Å². The van der Waals surface area contributed by atoms with E-state index in [1.54, 1.807) is 24.1 Å². The van der Waals surface area contributed by atoms with Crippen molar-refractivity contribution >= 4 is 28.3 Å². The summed E-state index contributed by atoms with van der Waals surface area (Å²) in [5.74, 6) is 1.64. The number of nitrogens with zero attached hydrogens (tertiary/aromatic N) is 5. The number of phenolic OH excluding ortho intramolecular Hbond substituents is 1. The van der Waals surface area contributed by atoms with Gasteiger partial charge in [0.25, 0.3) is 0 Å². The van der Waals surface area contributed by atoms with E-state index in [4.69, 9.17) is 4.98 Å². The first-order valence-corrected chi connectivity index (χ1v) is 9.65. The number of aromatic nitrogens is 5. The van der Waals surface area contributed by atoms with Gasteiger partial charge in [-0.1, -0.05) is 18.2 Å². The lowest BCUT2D eigenvalue weighted by Crippen LogP contribution is -2.09. The average Bonchev–Trinajstić information content (AvgIpc) is 3.32. The number of rotatable bonds is 6. The van der Waals surface area contributed by atoms with Crippen molar-refractivity contribution in [3.05, 3.63) is 47.9 Å². The summed E-state index contributed by atoms with van der Waals surface area (Å²) in [5.41, 5.74) is 4.21. The van der Waals surface area contributed by atoms with Gasteiger partial charge in [0.2, 0.25) is 0 Å². The molecule has 0 aliphatic heterocycles. The van der Waals surface area contributed by atoms with Crippen molar-refractivity contribution < 1.29 is 5.11 Å². The number of nitrogens with one attached hydrogen (secondary N) is 1. The Morgan fingerprint density at radius 3 is 2.81 bits per heavy atom. The fourth-order valence-electron chi connectivity index (χ4n) is 2.89. The second-order valence-corrected chi connectivity index (χ2v) is 7.37. The highest BCUT2D eigenvalue weighted by molar-refractivity contribution is 7.13. The maximum Gasteiger partial charge on any atom is 0.175 e. The van der Waals surface area contributed by atoms with Crippen molar-refractivity contribution in [1.29, 1.82) is 0 Å². The van der Waals surface area contributed by atoms with Crippen LogP contribution in [0, 0.1) is 0 Å². The second kappa shape index (κ2) is 7.32. The Balaban J connectivity index is 1.67. The maximum atomic E-state index is 9.94. The molecule has 3 heterocycles. The molecule has 0 spiro atoms. The van der Waals surface area contributed by atoms with E-state index >= 15 is 0 Å². The van der Waals surface area contributed by atoms with Crippen molar-refractivity contribution in [3.63, 3.8) is 0 Å². The van der Waals surface area contributed by atoms with Gasteiger partial charge in [-0.3, -0.25) is 4.98 Å². The van der Waals surface area contributed by atoms with Gasteiger partial charge in [-0.05, 0) is 31.9 Å². The zero-order valence-electron chi connectivity index (χ0n) is 15.1. The molecular formula is C19H20N6OS. The van der Waals surface area contributed by atoms with Crippen molar-refractivity contribution in [2.75, 3.05) is 11.9 Å². The monoisotopic (exact) mass is 380 g/mol. The fourth-order valence-corrected chi connectivity index (χ4v) is 3.45. The molecular weight excluding hydrogens is 360 g/mol. The lowest BCUT2D eigenvalue weighted by atomic mass is 10.1. The zero-order chi connectivity index (χ0) is 18.8. The number of imidazole rings is 1. The van der Waals surface area contributed by atoms with Gasteiger partial charge in [0.05, 0.1) is 16.7 Å². The van der Waals surface area contributed by atoms with Gasteiger partial charge in [0.1, 0.15) is 11.3 Å². The number of fused-ring (bicyclic) bond motifs is 1. The number of aromatic hydroxyl groups is 1. The number of thiazole rings is 1. The van der Waals surface area contributed by atoms with Gasteiger partial charge < -0.3 is 15.0 Å². The SMILES string of the molecule is CC(C)n1cnc2c(NCCc3ccccc3O)nc(-c3cncs3)nc21.